The van der Waals surface area contributed by atoms with Gasteiger partial charge in [-0.15, -0.1) is 0 Å². The number of aliphatic imine (C=N–C) groups is 2. The second kappa shape index (κ2) is 12.4. The molecule has 2 aliphatic rings. The molecule has 0 aromatic rings. The van der Waals surface area contributed by atoms with E-state index in [4.69, 9.17) is 5.11 Å². The summed E-state index contributed by atoms with van der Waals surface area (Å²) < 4.78 is 14.4. The summed E-state index contributed by atoms with van der Waals surface area (Å²) in [5.74, 6) is -0.495. The first-order valence-electron chi connectivity index (χ1n) is 11.6. The number of rotatable bonds is 14. The summed E-state index contributed by atoms with van der Waals surface area (Å²) in [5.41, 5.74) is 8.28. The van der Waals surface area contributed by atoms with Crippen molar-refractivity contribution in [3.05, 3.63) is 12.3 Å². The Labute approximate surface area is 186 Å². The summed E-state index contributed by atoms with van der Waals surface area (Å²) >= 11 is 0. The molecule has 0 radical (unpaired) electrons. The molecule has 1 aliphatic carbocycles. The second-order valence-corrected chi connectivity index (χ2v) is 9.04. The Morgan fingerprint density at radius 2 is 2.13 bits per heavy atom. The molecule has 1 saturated carbocycles. The van der Waals surface area contributed by atoms with Crippen molar-refractivity contribution in [1.82, 2.24) is 16.2 Å². The molecule has 0 aromatic heterocycles. The predicted molar refractivity (Wildman–Crippen MR) is 124 cm³/mol. The van der Waals surface area contributed by atoms with E-state index in [0.717, 1.165) is 37.8 Å². The van der Waals surface area contributed by atoms with Crippen molar-refractivity contribution in [2.45, 2.75) is 90.5 Å². The minimum absolute atomic E-state index is 0.00754. The van der Waals surface area contributed by atoms with Crippen molar-refractivity contribution in [2.24, 2.45) is 21.3 Å². The molecule has 1 aliphatic heterocycles. The van der Waals surface area contributed by atoms with Gasteiger partial charge in [0, 0.05) is 43.8 Å². The average molecular weight is 438 g/mol. The molecule has 0 aromatic carbocycles. The van der Waals surface area contributed by atoms with Crippen LogP contribution in [0.5, 0.6) is 0 Å². The lowest BCUT2D eigenvalue weighted by atomic mass is 9.64. The third-order valence-corrected chi connectivity index (χ3v) is 6.54. The molecule has 8 heteroatoms. The molecule has 0 spiro atoms. The number of hydrazine groups is 1. The molecule has 2 rings (SSSR count). The Bertz CT molecular complexity index is 675. The van der Waals surface area contributed by atoms with Crippen LogP contribution in [0.3, 0.4) is 0 Å². The maximum Gasteiger partial charge on any atom is 0.303 e. The van der Waals surface area contributed by atoms with Crippen LogP contribution in [0.25, 0.3) is 0 Å². The first-order valence-corrected chi connectivity index (χ1v) is 11.6. The van der Waals surface area contributed by atoms with Crippen LogP contribution in [0.1, 0.15) is 72.1 Å². The van der Waals surface area contributed by atoms with Gasteiger partial charge < -0.3 is 10.4 Å². The number of hydrogen-bond donors (Lipinski definition) is 4. The molecule has 0 bridgehead atoms. The van der Waals surface area contributed by atoms with Crippen molar-refractivity contribution in [3.8, 4) is 0 Å². The molecule has 0 unspecified atom stereocenters. The van der Waals surface area contributed by atoms with Crippen LogP contribution < -0.4 is 16.2 Å². The smallest absolute Gasteiger partial charge is 0.303 e. The number of carboxylic acids is 1. The number of hydrogen-bond acceptors (Lipinski definition) is 6. The highest BCUT2D eigenvalue weighted by molar-refractivity contribution is 5.96. The summed E-state index contributed by atoms with van der Waals surface area (Å²) in [7, 11) is 1.79. The summed E-state index contributed by atoms with van der Waals surface area (Å²) in [6.07, 6.45) is 8.53. The first-order chi connectivity index (χ1) is 14.8. The van der Waals surface area contributed by atoms with E-state index in [1.165, 1.54) is 0 Å². The first kappa shape index (κ1) is 25.6. The zero-order chi connectivity index (χ0) is 22.9. The van der Waals surface area contributed by atoms with Crippen molar-refractivity contribution in [2.75, 3.05) is 13.6 Å². The fourth-order valence-electron chi connectivity index (χ4n) is 4.37. The minimum Gasteiger partial charge on any atom is -0.481 e. The lowest BCUT2D eigenvalue weighted by Crippen LogP contribution is -2.57. The molecule has 7 nitrogen and oxygen atoms in total. The second-order valence-electron chi connectivity index (χ2n) is 9.04. The third-order valence-electron chi connectivity index (χ3n) is 6.54. The molecule has 1 heterocycles. The summed E-state index contributed by atoms with van der Waals surface area (Å²) in [6.45, 7) is 6.91. The van der Waals surface area contributed by atoms with Gasteiger partial charge in [-0.25, -0.2) is 15.2 Å². The number of nitrogens with one attached hydrogen (secondary N) is 3. The minimum atomic E-state index is -0.968. The molecule has 4 atom stereocenters. The van der Waals surface area contributed by atoms with Gasteiger partial charge in [0.05, 0.1) is 17.9 Å². The van der Waals surface area contributed by atoms with E-state index in [1.54, 1.807) is 19.3 Å². The van der Waals surface area contributed by atoms with Crippen LogP contribution in [-0.2, 0) is 4.79 Å². The number of aliphatic carboxylic acids is 1. The predicted octanol–water partition coefficient (Wildman–Crippen LogP) is 3.62. The van der Waals surface area contributed by atoms with E-state index in [2.05, 4.69) is 40.0 Å². The Morgan fingerprint density at radius 1 is 1.39 bits per heavy atom. The number of alkyl halides is 1. The fraction of sp³-hybridized carbons (Fsp3) is 0.783. The van der Waals surface area contributed by atoms with Gasteiger partial charge in [-0.3, -0.25) is 14.8 Å². The van der Waals surface area contributed by atoms with Crippen molar-refractivity contribution < 1.29 is 14.3 Å². The highest BCUT2D eigenvalue weighted by Gasteiger charge is 2.45. The van der Waals surface area contributed by atoms with Gasteiger partial charge in [0.15, 0.2) is 0 Å². The zero-order valence-corrected chi connectivity index (χ0v) is 19.5. The highest BCUT2D eigenvalue weighted by Crippen LogP contribution is 2.44. The average Bonchev–Trinajstić information content (AvgIpc) is 2.72. The maximum atomic E-state index is 14.4. The molecule has 176 valence electrons. The van der Waals surface area contributed by atoms with Crippen LogP contribution >= 0.6 is 0 Å². The van der Waals surface area contributed by atoms with E-state index >= 15 is 0 Å². The highest BCUT2D eigenvalue weighted by atomic mass is 19.1. The van der Waals surface area contributed by atoms with Crippen LogP contribution in [-0.4, -0.2) is 54.5 Å². The lowest BCUT2D eigenvalue weighted by Gasteiger charge is -2.45. The molecule has 4 N–H and O–H groups in total. The van der Waals surface area contributed by atoms with Gasteiger partial charge in [-0.2, -0.15) is 0 Å². The van der Waals surface area contributed by atoms with E-state index in [-0.39, 0.29) is 30.0 Å². The quantitative estimate of drug-likeness (QED) is 0.189. The van der Waals surface area contributed by atoms with Gasteiger partial charge in [-0.05, 0) is 44.9 Å². The van der Waals surface area contributed by atoms with Gasteiger partial charge in [0.25, 0.3) is 0 Å². The van der Waals surface area contributed by atoms with Crippen LogP contribution in [0.2, 0.25) is 0 Å². The topological polar surface area (TPSA) is 98.1 Å². The largest absolute Gasteiger partial charge is 0.481 e. The van der Waals surface area contributed by atoms with E-state index in [9.17, 15) is 9.18 Å². The van der Waals surface area contributed by atoms with E-state index < -0.39 is 12.1 Å². The zero-order valence-electron chi connectivity index (χ0n) is 19.5. The SMILES string of the molecule is CC[C@@H](NN[C@@H](C)NCC1(C2=NC=CC[C@@H]2F)CCC1)C(C[C@H](C)CCC(=O)O)=NC. The number of carboxylic acid groups (broad SMARTS) is 1. The van der Waals surface area contributed by atoms with Crippen molar-refractivity contribution in [3.63, 3.8) is 0 Å². The Morgan fingerprint density at radius 3 is 2.68 bits per heavy atom. The number of allylic oxidation sites excluding steroid dienone is 1. The fourth-order valence-corrected chi connectivity index (χ4v) is 4.37. The monoisotopic (exact) mass is 437 g/mol. The summed E-state index contributed by atoms with van der Waals surface area (Å²) in [5, 5.41) is 12.4. The molecule has 0 amide bonds. The molecular weight excluding hydrogens is 397 g/mol. The van der Waals surface area contributed by atoms with Gasteiger partial charge in [0.1, 0.15) is 6.17 Å². The van der Waals surface area contributed by atoms with Gasteiger partial charge >= 0.3 is 5.97 Å². The van der Waals surface area contributed by atoms with Gasteiger partial charge in [0.2, 0.25) is 0 Å². The Balaban J connectivity index is 1.82. The number of halogens is 1. The summed E-state index contributed by atoms with van der Waals surface area (Å²) in [6, 6.07) is 0.0715. The molecule has 31 heavy (non-hydrogen) atoms. The maximum absolute atomic E-state index is 14.4. The summed E-state index contributed by atoms with van der Waals surface area (Å²) in [4.78, 5) is 19.7. The van der Waals surface area contributed by atoms with Crippen molar-refractivity contribution in [1.29, 1.82) is 0 Å². The van der Waals surface area contributed by atoms with E-state index in [0.29, 0.717) is 25.1 Å². The third kappa shape index (κ3) is 7.47. The number of nitrogens with zero attached hydrogens (tertiary/aromatic N) is 2. The van der Waals surface area contributed by atoms with Crippen molar-refractivity contribution >= 4 is 17.4 Å². The van der Waals surface area contributed by atoms with Crippen LogP contribution in [0.4, 0.5) is 4.39 Å². The lowest BCUT2D eigenvalue weighted by molar-refractivity contribution is -0.137. The van der Waals surface area contributed by atoms with Crippen LogP contribution in [0.15, 0.2) is 22.3 Å². The number of carbonyl (C=O) groups is 1. The standard InChI is InChI=1S/C23H40FN5O2/c1-5-19(20(25-4)14-16(2)9-10-21(30)31)29-28-17(3)27-15-23(11-7-12-23)22-18(24)8-6-13-26-22/h6,13,16-19,27-29H,5,7-12,14-15H2,1-4H3,(H,30,31)/t16-,17+,18+,19-/m1/s1. The molecule has 0 saturated heterocycles. The van der Waals surface area contributed by atoms with Crippen LogP contribution in [0, 0.1) is 11.3 Å². The molecular formula is C23H40FN5O2. The van der Waals surface area contributed by atoms with Gasteiger partial charge in [-0.1, -0.05) is 26.3 Å². The molecule has 1 fully saturated rings. The van der Waals surface area contributed by atoms with E-state index in [1.807, 2.05) is 6.92 Å². The normalized spacial score (nSPS) is 23.6. The Hall–Kier alpha value is -1.64. The Kier molecular flexibility index (Phi) is 10.3.